The molecule has 1 saturated carbocycles. The number of aromatic nitrogens is 2. The molecule has 2 unspecified atom stereocenters. The molecule has 1 heterocycles. The van der Waals surface area contributed by atoms with Crippen molar-refractivity contribution in [2.45, 2.75) is 31.8 Å². The van der Waals surface area contributed by atoms with Crippen LogP contribution < -0.4 is 5.32 Å². The van der Waals surface area contributed by atoms with Crippen LogP contribution in [0, 0.1) is 17.2 Å². The van der Waals surface area contributed by atoms with Crippen molar-refractivity contribution in [3.05, 3.63) is 48.3 Å². The lowest BCUT2D eigenvalue weighted by Gasteiger charge is -2.14. The van der Waals surface area contributed by atoms with E-state index in [-0.39, 0.29) is 5.92 Å². The SMILES string of the molecule is N#CC1CCCC1NCc1ccn(-c2ccccc2)n1. The Kier molecular flexibility index (Phi) is 3.80. The average molecular weight is 266 g/mol. The van der Waals surface area contributed by atoms with E-state index in [1.165, 1.54) is 0 Å². The molecule has 0 amide bonds. The van der Waals surface area contributed by atoms with Crippen molar-refractivity contribution in [2.75, 3.05) is 0 Å². The lowest BCUT2D eigenvalue weighted by molar-refractivity contribution is 0.460. The summed E-state index contributed by atoms with van der Waals surface area (Å²) < 4.78 is 1.88. The van der Waals surface area contributed by atoms with Gasteiger partial charge in [0, 0.05) is 18.8 Å². The molecule has 0 bridgehead atoms. The number of hydrogen-bond donors (Lipinski definition) is 1. The molecule has 1 aromatic carbocycles. The number of rotatable bonds is 4. The summed E-state index contributed by atoms with van der Waals surface area (Å²) in [6, 6.07) is 14.8. The predicted octanol–water partition coefficient (Wildman–Crippen LogP) is 2.65. The minimum absolute atomic E-state index is 0.159. The van der Waals surface area contributed by atoms with Gasteiger partial charge < -0.3 is 5.32 Å². The second kappa shape index (κ2) is 5.89. The molecule has 0 radical (unpaired) electrons. The van der Waals surface area contributed by atoms with Gasteiger partial charge in [-0.05, 0) is 31.0 Å². The number of nitriles is 1. The van der Waals surface area contributed by atoms with Gasteiger partial charge in [-0.3, -0.25) is 0 Å². The van der Waals surface area contributed by atoms with Crippen molar-refractivity contribution < 1.29 is 0 Å². The summed E-state index contributed by atoms with van der Waals surface area (Å²) in [6.45, 7) is 0.725. The van der Waals surface area contributed by atoms with Gasteiger partial charge >= 0.3 is 0 Å². The summed E-state index contributed by atoms with van der Waals surface area (Å²) in [5, 5.41) is 17.1. The highest BCUT2D eigenvalue weighted by atomic mass is 15.3. The molecule has 3 rings (SSSR count). The van der Waals surface area contributed by atoms with Crippen LogP contribution in [-0.4, -0.2) is 15.8 Å². The molecule has 2 aromatic rings. The lowest BCUT2D eigenvalue weighted by atomic mass is 10.1. The van der Waals surface area contributed by atoms with Gasteiger partial charge in [0.2, 0.25) is 0 Å². The Balaban J connectivity index is 1.62. The number of para-hydroxylation sites is 1. The van der Waals surface area contributed by atoms with Gasteiger partial charge in [0.25, 0.3) is 0 Å². The van der Waals surface area contributed by atoms with Crippen LogP contribution in [0.15, 0.2) is 42.6 Å². The highest BCUT2D eigenvalue weighted by Crippen LogP contribution is 2.25. The maximum Gasteiger partial charge on any atom is 0.0766 e. The monoisotopic (exact) mass is 266 g/mol. The summed E-state index contributed by atoms with van der Waals surface area (Å²) in [6.07, 6.45) is 5.24. The molecule has 2 atom stereocenters. The van der Waals surface area contributed by atoms with Crippen LogP contribution in [0.2, 0.25) is 0 Å². The predicted molar refractivity (Wildman–Crippen MR) is 77.1 cm³/mol. The zero-order chi connectivity index (χ0) is 13.8. The van der Waals surface area contributed by atoms with E-state index >= 15 is 0 Å². The van der Waals surface area contributed by atoms with Crippen molar-refractivity contribution in [3.8, 4) is 11.8 Å². The maximum absolute atomic E-state index is 9.08. The summed E-state index contributed by atoms with van der Waals surface area (Å²) in [5.74, 6) is 0.159. The Bertz CT molecular complexity index is 596. The summed E-state index contributed by atoms with van der Waals surface area (Å²) >= 11 is 0. The van der Waals surface area contributed by atoms with Crippen LogP contribution in [0.4, 0.5) is 0 Å². The van der Waals surface area contributed by atoms with Crippen LogP contribution in [0.1, 0.15) is 25.0 Å². The maximum atomic E-state index is 9.08. The molecule has 1 aliphatic rings. The molecule has 20 heavy (non-hydrogen) atoms. The first-order chi connectivity index (χ1) is 9.86. The van der Waals surface area contributed by atoms with Gasteiger partial charge in [-0.1, -0.05) is 24.6 Å². The van der Waals surface area contributed by atoms with Crippen molar-refractivity contribution in [2.24, 2.45) is 5.92 Å². The zero-order valence-electron chi connectivity index (χ0n) is 11.4. The first-order valence-electron chi connectivity index (χ1n) is 7.10. The van der Waals surface area contributed by atoms with E-state index < -0.39 is 0 Å². The molecule has 4 heteroatoms. The van der Waals surface area contributed by atoms with Crippen LogP contribution in [0.5, 0.6) is 0 Å². The van der Waals surface area contributed by atoms with E-state index in [0.29, 0.717) is 6.04 Å². The highest BCUT2D eigenvalue weighted by molar-refractivity contribution is 5.30. The van der Waals surface area contributed by atoms with Gasteiger partial charge in [-0.25, -0.2) is 4.68 Å². The molecule has 0 spiro atoms. The van der Waals surface area contributed by atoms with Crippen LogP contribution in [0.3, 0.4) is 0 Å². The lowest BCUT2D eigenvalue weighted by Crippen LogP contribution is -2.31. The minimum atomic E-state index is 0.159. The Morgan fingerprint density at radius 3 is 2.90 bits per heavy atom. The third-order valence-corrected chi connectivity index (χ3v) is 3.89. The van der Waals surface area contributed by atoms with E-state index in [9.17, 15) is 0 Å². The fourth-order valence-corrected chi connectivity index (χ4v) is 2.78. The quantitative estimate of drug-likeness (QED) is 0.925. The molecule has 1 fully saturated rings. The zero-order valence-corrected chi connectivity index (χ0v) is 11.4. The van der Waals surface area contributed by atoms with Crippen molar-refractivity contribution in [1.82, 2.24) is 15.1 Å². The van der Waals surface area contributed by atoms with Gasteiger partial charge in [0.05, 0.1) is 23.4 Å². The number of nitrogens with one attached hydrogen (secondary N) is 1. The first kappa shape index (κ1) is 12.9. The molecule has 0 aliphatic heterocycles. The molecule has 1 aliphatic carbocycles. The fraction of sp³-hybridized carbons (Fsp3) is 0.375. The van der Waals surface area contributed by atoms with Crippen molar-refractivity contribution >= 4 is 0 Å². The molecule has 0 saturated heterocycles. The number of benzene rings is 1. The number of hydrogen-bond acceptors (Lipinski definition) is 3. The van der Waals surface area contributed by atoms with E-state index in [1.807, 2.05) is 47.3 Å². The number of nitrogens with zero attached hydrogens (tertiary/aromatic N) is 3. The van der Waals surface area contributed by atoms with Gasteiger partial charge in [-0.15, -0.1) is 0 Å². The highest BCUT2D eigenvalue weighted by Gasteiger charge is 2.26. The first-order valence-corrected chi connectivity index (χ1v) is 7.10. The van der Waals surface area contributed by atoms with Gasteiger partial charge in [0.1, 0.15) is 0 Å². The fourth-order valence-electron chi connectivity index (χ4n) is 2.78. The molecule has 4 nitrogen and oxygen atoms in total. The smallest absolute Gasteiger partial charge is 0.0766 e. The van der Waals surface area contributed by atoms with Crippen molar-refractivity contribution in [1.29, 1.82) is 5.26 Å². The Labute approximate surface area is 119 Å². The van der Waals surface area contributed by atoms with Crippen LogP contribution in [-0.2, 0) is 6.54 Å². The topological polar surface area (TPSA) is 53.6 Å². The second-order valence-corrected chi connectivity index (χ2v) is 5.24. The molecule has 1 aromatic heterocycles. The van der Waals surface area contributed by atoms with E-state index in [2.05, 4.69) is 16.5 Å². The third kappa shape index (κ3) is 2.73. The van der Waals surface area contributed by atoms with Gasteiger partial charge in [-0.2, -0.15) is 10.4 Å². The van der Waals surface area contributed by atoms with E-state index in [0.717, 1.165) is 37.2 Å². The molecular formula is C16H18N4. The van der Waals surface area contributed by atoms with Crippen LogP contribution in [0.25, 0.3) is 5.69 Å². The Morgan fingerprint density at radius 2 is 2.10 bits per heavy atom. The molecule has 102 valence electrons. The van der Waals surface area contributed by atoms with Gasteiger partial charge in [0.15, 0.2) is 0 Å². The van der Waals surface area contributed by atoms with E-state index in [4.69, 9.17) is 5.26 Å². The second-order valence-electron chi connectivity index (χ2n) is 5.24. The largest absolute Gasteiger partial charge is 0.307 e. The Hall–Kier alpha value is -2.12. The summed E-state index contributed by atoms with van der Waals surface area (Å²) in [5.41, 5.74) is 2.08. The van der Waals surface area contributed by atoms with Crippen molar-refractivity contribution in [3.63, 3.8) is 0 Å². The third-order valence-electron chi connectivity index (χ3n) is 3.89. The molecule has 1 N–H and O–H groups in total. The van der Waals surface area contributed by atoms with E-state index in [1.54, 1.807) is 0 Å². The van der Waals surface area contributed by atoms with Crippen LogP contribution >= 0.6 is 0 Å². The minimum Gasteiger partial charge on any atom is -0.307 e. The summed E-state index contributed by atoms with van der Waals surface area (Å²) in [4.78, 5) is 0. The average Bonchev–Trinajstić information content (AvgIpc) is 3.15. The normalized spacial score (nSPS) is 21.8. The Morgan fingerprint density at radius 1 is 1.25 bits per heavy atom. The standard InChI is InChI=1S/C16H18N4/c17-11-13-5-4-8-16(13)18-12-14-9-10-20(19-14)15-6-2-1-3-7-15/h1-3,6-7,9-10,13,16,18H,4-5,8,12H2. The summed E-state index contributed by atoms with van der Waals surface area (Å²) in [7, 11) is 0. The molecular weight excluding hydrogens is 248 g/mol.